The van der Waals surface area contributed by atoms with Crippen LogP contribution in [0.25, 0.3) is 0 Å². The number of nitrogens with zero attached hydrogens (tertiary/aromatic N) is 3. The Labute approximate surface area is 273 Å². The molecule has 0 fully saturated rings. The fourth-order valence-corrected chi connectivity index (χ4v) is 5.43. The van der Waals surface area contributed by atoms with Crippen molar-refractivity contribution in [2.75, 3.05) is 57.1 Å². The molecule has 0 unspecified atom stereocenters. The van der Waals surface area contributed by atoms with Crippen LogP contribution in [0.15, 0.2) is 91.0 Å². The summed E-state index contributed by atoms with van der Waals surface area (Å²) in [7, 11) is 8.38. The summed E-state index contributed by atoms with van der Waals surface area (Å²) in [5.74, 6) is -1.12. The van der Waals surface area contributed by atoms with Crippen LogP contribution in [0.1, 0.15) is 27.5 Å². The minimum atomic E-state index is -1.19. The second-order valence-corrected chi connectivity index (χ2v) is 11.1. The van der Waals surface area contributed by atoms with Gasteiger partial charge >= 0.3 is 0 Å². The summed E-state index contributed by atoms with van der Waals surface area (Å²) in [5, 5.41) is 2.96. The van der Waals surface area contributed by atoms with E-state index < -0.39 is 36.1 Å². The highest BCUT2D eigenvalue weighted by Crippen LogP contribution is 2.35. The highest BCUT2D eigenvalue weighted by molar-refractivity contribution is 6.52. The van der Waals surface area contributed by atoms with Crippen LogP contribution in [0.2, 0.25) is 0 Å². The van der Waals surface area contributed by atoms with Crippen molar-refractivity contribution in [1.82, 2.24) is 4.90 Å². The van der Waals surface area contributed by atoms with E-state index in [0.29, 0.717) is 39.8 Å². The van der Waals surface area contributed by atoms with Crippen LogP contribution >= 0.6 is 0 Å². The quantitative estimate of drug-likeness (QED) is 0.222. The zero-order valence-electron chi connectivity index (χ0n) is 26.9. The summed E-state index contributed by atoms with van der Waals surface area (Å²) in [6.07, 6.45) is 0. The van der Waals surface area contributed by atoms with Crippen molar-refractivity contribution in [2.24, 2.45) is 0 Å². The first-order chi connectivity index (χ1) is 22.6. The molecule has 4 aromatic carbocycles. The molecule has 47 heavy (non-hydrogen) atoms. The van der Waals surface area contributed by atoms with E-state index >= 15 is 0 Å². The molecular formula is C36H36N4O7. The van der Waals surface area contributed by atoms with Gasteiger partial charge in [0.2, 0.25) is 5.91 Å². The lowest BCUT2D eigenvalue weighted by Crippen LogP contribution is -2.46. The molecule has 0 spiro atoms. The molecule has 0 bridgehead atoms. The molecule has 1 N–H and O–H groups in total. The van der Waals surface area contributed by atoms with E-state index in [1.54, 1.807) is 86.0 Å². The van der Waals surface area contributed by atoms with Gasteiger partial charge in [-0.25, -0.2) is 0 Å². The van der Waals surface area contributed by atoms with Crippen LogP contribution in [0.3, 0.4) is 0 Å². The number of benzene rings is 4. The second-order valence-electron chi connectivity index (χ2n) is 11.1. The number of Topliss-reactive ketones (excluding diaryl/α,β-unsaturated/α-hetero) is 1. The Morgan fingerprint density at radius 1 is 0.809 bits per heavy atom. The van der Waals surface area contributed by atoms with Crippen LogP contribution in [0.5, 0.6) is 17.2 Å². The summed E-state index contributed by atoms with van der Waals surface area (Å²) in [4.78, 5) is 59.1. The summed E-state index contributed by atoms with van der Waals surface area (Å²) in [5.41, 5.74) is 3.18. The highest BCUT2D eigenvalue weighted by atomic mass is 16.5. The van der Waals surface area contributed by atoms with Crippen molar-refractivity contribution in [2.45, 2.75) is 12.6 Å². The minimum Gasteiger partial charge on any atom is -0.497 e. The summed E-state index contributed by atoms with van der Waals surface area (Å²) in [6, 6.07) is 24.7. The Balaban J connectivity index is 1.59. The largest absolute Gasteiger partial charge is 0.497 e. The molecular weight excluding hydrogens is 600 g/mol. The van der Waals surface area contributed by atoms with Crippen LogP contribution < -0.4 is 29.3 Å². The number of ether oxygens (including phenoxy) is 3. The van der Waals surface area contributed by atoms with Crippen molar-refractivity contribution >= 4 is 40.6 Å². The summed E-state index contributed by atoms with van der Waals surface area (Å²) >= 11 is 0. The number of ketones is 1. The number of hydrogen-bond donors (Lipinski definition) is 1. The lowest BCUT2D eigenvalue weighted by atomic mass is 10.0. The van der Waals surface area contributed by atoms with E-state index in [2.05, 4.69) is 5.32 Å². The SMILES string of the molecule is COc1ccc(CN(C(=O)CN2C(=O)C(=O)c3ccccc32)[C@H](C(=O)Nc2ccc(N(C)C)cc2)c2ccc(OC)c(OC)c2)cc1. The van der Waals surface area contributed by atoms with E-state index in [9.17, 15) is 19.2 Å². The van der Waals surface area contributed by atoms with Crippen LogP contribution in [0, 0.1) is 0 Å². The molecule has 1 aliphatic rings. The number of anilines is 3. The third-order valence-electron chi connectivity index (χ3n) is 7.94. The Morgan fingerprint density at radius 3 is 2.13 bits per heavy atom. The van der Waals surface area contributed by atoms with Crippen molar-refractivity contribution < 1.29 is 33.4 Å². The standard InChI is InChI=1S/C36H36N4O7/c1-38(2)26-15-13-25(14-16-26)37-35(43)33(24-12-19-30(46-4)31(20-24)47-5)40(21-23-10-17-27(45-3)18-11-23)32(41)22-39-29-9-7-6-8-28(29)34(42)36(39)44/h6-20,33H,21-22H2,1-5H3,(H,37,43)/t33-/m0/s1. The molecule has 0 aromatic heterocycles. The molecule has 1 atom stereocenters. The topological polar surface area (TPSA) is 118 Å². The maximum absolute atomic E-state index is 14.4. The maximum atomic E-state index is 14.4. The monoisotopic (exact) mass is 636 g/mol. The van der Waals surface area contributed by atoms with Gasteiger partial charge in [0.15, 0.2) is 11.5 Å². The maximum Gasteiger partial charge on any atom is 0.299 e. The second kappa shape index (κ2) is 14.1. The number of hydrogen-bond acceptors (Lipinski definition) is 8. The fraction of sp³-hybridized carbons (Fsp3) is 0.222. The van der Waals surface area contributed by atoms with Gasteiger partial charge in [-0.2, -0.15) is 0 Å². The van der Waals surface area contributed by atoms with E-state index in [4.69, 9.17) is 14.2 Å². The van der Waals surface area contributed by atoms with Gasteiger partial charge in [-0.05, 0) is 71.8 Å². The lowest BCUT2D eigenvalue weighted by Gasteiger charge is -2.33. The first-order valence-electron chi connectivity index (χ1n) is 14.8. The van der Waals surface area contributed by atoms with Crippen molar-refractivity contribution in [3.63, 3.8) is 0 Å². The van der Waals surface area contributed by atoms with Crippen LogP contribution in [-0.2, 0) is 20.9 Å². The lowest BCUT2D eigenvalue weighted by molar-refractivity contribution is -0.139. The van der Waals surface area contributed by atoms with Gasteiger partial charge in [-0.15, -0.1) is 0 Å². The molecule has 3 amide bonds. The molecule has 0 radical (unpaired) electrons. The molecule has 5 rings (SSSR count). The van der Waals surface area contributed by atoms with Gasteiger partial charge in [0.1, 0.15) is 18.3 Å². The zero-order chi connectivity index (χ0) is 33.7. The molecule has 1 heterocycles. The van der Waals surface area contributed by atoms with Gasteiger partial charge in [-0.3, -0.25) is 24.1 Å². The molecule has 0 saturated carbocycles. The van der Waals surface area contributed by atoms with E-state index in [1.165, 1.54) is 19.1 Å². The Hall–Kier alpha value is -5.84. The van der Waals surface area contributed by atoms with E-state index in [0.717, 1.165) is 10.6 Å². The molecule has 1 aliphatic heterocycles. The number of rotatable bonds is 12. The van der Waals surface area contributed by atoms with Gasteiger partial charge in [-0.1, -0.05) is 30.3 Å². The van der Waals surface area contributed by atoms with Gasteiger partial charge in [0.25, 0.3) is 17.6 Å². The predicted octanol–water partition coefficient (Wildman–Crippen LogP) is 4.72. The number of amides is 3. The molecule has 0 aliphatic carbocycles. The van der Waals surface area contributed by atoms with Crippen LogP contribution in [-0.4, -0.2) is 70.4 Å². The van der Waals surface area contributed by atoms with Gasteiger partial charge in [0.05, 0.1) is 32.6 Å². The Kier molecular flexibility index (Phi) is 9.74. The highest BCUT2D eigenvalue weighted by Gasteiger charge is 2.39. The molecule has 11 heteroatoms. The van der Waals surface area contributed by atoms with E-state index in [-0.39, 0.29) is 12.1 Å². The Morgan fingerprint density at radius 2 is 1.49 bits per heavy atom. The third-order valence-corrected chi connectivity index (χ3v) is 7.94. The van der Waals surface area contributed by atoms with Crippen molar-refractivity contribution in [1.29, 1.82) is 0 Å². The molecule has 242 valence electrons. The number of nitrogens with one attached hydrogen (secondary N) is 1. The van der Waals surface area contributed by atoms with Gasteiger partial charge in [0, 0.05) is 32.0 Å². The van der Waals surface area contributed by atoms with Crippen molar-refractivity contribution in [3.05, 3.63) is 108 Å². The predicted molar refractivity (Wildman–Crippen MR) is 178 cm³/mol. The van der Waals surface area contributed by atoms with Crippen molar-refractivity contribution in [3.8, 4) is 17.2 Å². The first-order valence-corrected chi connectivity index (χ1v) is 14.8. The minimum absolute atomic E-state index is 0.00749. The Bertz CT molecular complexity index is 1790. The molecule has 4 aromatic rings. The van der Waals surface area contributed by atoms with Crippen LogP contribution in [0.4, 0.5) is 17.1 Å². The normalized spacial score (nSPS) is 12.7. The number of carbonyl (C=O) groups is 4. The van der Waals surface area contributed by atoms with E-state index in [1.807, 2.05) is 31.1 Å². The average Bonchev–Trinajstić information content (AvgIpc) is 3.33. The van der Waals surface area contributed by atoms with Gasteiger partial charge < -0.3 is 29.3 Å². The fourth-order valence-electron chi connectivity index (χ4n) is 5.43. The number of fused-ring (bicyclic) bond motifs is 1. The smallest absolute Gasteiger partial charge is 0.299 e. The molecule has 11 nitrogen and oxygen atoms in total. The molecule has 0 saturated heterocycles. The first kappa shape index (κ1) is 32.6. The zero-order valence-corrected chi connectivity index (χ0v) is 26.9. The average molecular weight is 637 g/mol. The third kappa shape index (κ3) is 6.89. The number of methoxy groups -OCH3 is 3. The number of para-hydroxylation sites is 1. The summed E-state index contributed by atoms with van der Waals surface area (Å²) < 4.78 is 16.3. The summed E-state index contributed by atoms with van der Waals surface area (Å²) in [6.45, 7) is -0.473. The number of carbonyl (C=O) groups excluding carboxylic acids is 4.